The van der Waals surface area contributed by atoms with Gasteiger partial charge in [-0.25, -0.2) is 16.8 Å². The van der Waals surface area contributed by atoms with Gasteiger partial charge >= 0.3 is 0 Å². The lowest BCUT2D eigenvalue weighted by molar-refractivity contribution is 0.135. The highest BCUT2D eigenvalue weighted by Gasteiger charge is 2.58. The number of benzene rings is 2. The molecule has 0 saturated carbocycles. The summed E-state index contributed by atoms with van der Waals surface area (Å²) in [4.78, 5) is 0.467. The molecule has 0 N–H and O–H groups in total. The van der Waals surface area contributed by atoms with Crippen LogP contribution >= 0.6 is 0 Å². The third-order valence-electron chi connectivity index (χ3n) is 5.53. The first-order valence-electron chi connectivity index (χ1n) is 9.00. The Hall–Kier alpha value is -1.78. The summed E-state index contributed by atoms with van der Waals surface area (Å²) >= 11 is 0. The van der Waals surface area contributed by atoms with Crippen LogP contribution in [0.3, 0.4) is 0 Å². The molecule has 28 heavy (non-hydrogen) atoms. The van der Waals surface area contributed by atoms with E-state index in [1.165, 1.54) is 15.7 Å². The maximum atomic E-state index is 13.2. The number of nitrogens with zero attached hydrogens (tertiary/aromatic N) is 2. The van der Waals surface area contributed by atoms with Crippen molar-refractivity contribution in [2.45, 2.75) is 21.8 Å². The lowest BCUT2D eigenvalue weighted by atomic mass is 9.89. The lowest BCUT2D eigenvalue weighted by Crippen LogP contribution is -2.47. The van der Waals surface area contributed by atoms with Crippen molar-refractivity contribution in [2.75, 3.05) is 33.4 Å². The first-order valence-corrected chi connectivity index (χ1v) is 11.9. The van der Waals surface area contributed by atoms with Gasteiger partial charge in [-0.2, -0.15) is 8.61 Å². The lowest BCUT2D eigenvalue weighted by Gasteiger charge is -2.33. The Balaban J connectivity index is 1.78. The van der Waals surface area contributed by atoms with Gasteiger partial charge in [0, 0.05) is 26.7 Å². The fourth-order valence-electron chi connectivity index (χ4n) is 4.20. The molecule has 150 valence electrons. The summed E-state index contributed by atoms with van der Waals surface area (Å²) in [6.07, 6.45) is 0.402. The minimum atomic E-state index is -3.71. The van der Waals surface area contributed by atoms with Crippen molar-refractivity contribution in [3.63, 3.8) is 0 Å². The van der Waals surface area contributed by atoms with E-state index < -0.39 is 25.6 Å². The zero-order valence-electron chi connectivity index (χ0n) is 15.5. The average molecular weight is 423 g/mol. The van der Waals surface area contributed by atoms with Gasteiger partial charge in [-0.3, -0.25) is 0 Å². The molecule has 0 unspecified atom stereocenters. The molecule has 1 saturated heterocycles. The second kappa shape index (κ2) is 6.93. The van der Waals surface area contributed by atoms with E-state index in [0.29, 0.717) is 12.0 Å². The fraction of sp³-hybridized carbons (Fsp3) is 0.368. The van der Waals surface area contributed by atoms with Crippen LogP contribution in [0.2, 0.25) is 0 Å². The number of rotatable bonds is 5. The molecule has 7 nitrogen and oxygen atoms in total. The molecular weight excluding hydrogens is 400 g/mol. The summed E-state index contributed by atoms with van der Waals surface area (Å²) in [6, 6.07) is 15.1. The molecule has 9 heteroatoms. The summed E-state index contributed by atoms with van der Waals surface area (Å²) < 4.78 is 60.5. The monoisotopic (exact) mass is 422 g/mol. The van der Waals surface area contributed by atoms with Gasteiger partial charge in [0.15, 0.2) is 0 Å². The van der Waals surface area contributed by atoms with E-state index in [9.17, 15) is 16.8 Å². The predicted octanol–water partition coefficient (Wildman–Crippen LogP) is 1.63. The SMILES string of the molecule is COCCN1[C@@]2(CCN(S(=O)(=O)c3ccccc3)C2)c2ccccc2S1(=O)=O. The van der Waals surface area contributed by atoms with E-state index >= 15 is 0 Å². The largest absolute Gasteiger partial charge is 0.383 e. The molecule has 0 bridgehead atoms. The maximum Gasteiger partial charge on any atom is 0.244 e. The van der Waals surface area contributed by atoms with Crippen LogP contribution in [-0.4, -0.2) is 58.8 Å². The molecule has 2 aliphatic rings. The molecule has 4 rings (SSSR count). The van der Waals surface area contributed by atoms with Crippen molar-refractivity contribution in [1.82, 2.24) is 8.61 Å². The highest BCUT2D eigenvalue weighted by atomic mass is 32.2. The fourth-order valence-corrected chi connectivity index (χ4v) is 7.76. The molecule has 2 aromatic rings. The van der Waals surface area contributed by atoms with Crippen molar-refractivity contribution in [3.05, 3.63) is 60.2 Å². The first kappa shape index (κ1) is 19.5. The van der Waals surface area contributed by atoms with E-state index in [1.54, 1.807) is 54.6 Å². The van der Waals surface area contributed by atoms with Crippen molar-refractivity contribution < 1.29 is 21.6 Å². The van der Waals surface area contributed by atoms with Gasteiger partial charge < -0.3 is 4.74 Å². The van der Waals surface area contributed by atoms with Crippen molar-refractivity contribution in [3.8, 4) is 0 Å². The van der Waals surface area contributed by atoms with Crippen molar-refractivity contribution >= 4 is 20.0 Å². The van der Waals surface area contributed by atoms with E-state index in [-0.39, 0.29) is 36.0 Å². The summed E-state index contributed by atoms with van der Waals surface area (Å²) in [6.45, 7) is 0.752. The van der Waals surface area contributed by atoms with Crippen LogP contribution in [0.5, 0.6) is 0 Å². The van der Waals surface area contributed by atoms with Gasteiger partial charge in [0.1, 0.15) is 0 Å². The van der Waals surface area contributed by atoms with Gasteiger partial charge in [0.05, 0.1) is 21.9 Å². The third kappa shape index (κ3) is 2.81. The Kier molecular flexibility index (Phi) is 4.83. The van der Waals surface area contributed by atoms with Crippen molar-refractivity contribution in [1.29, 1.82) is 0 Å². The molecule has 0 radical (unpaired) electrons. The van der Waals surface area contributed by atoms with Crippen LogP contribution in [0, 0.1) is 0 Å². The number of hydrogen-bond donors (Lipinski definition) is 0. The summed E-state index contributed by atoms with van der Waals surface area (Å²) in [5.41, 5.74) is -0.243. The summed E-state index contributed by atoms with van der Waals surface area (Å²) in [5, 5.41) is 0. The average Bonchev–Trinajstić information content (AvgIpc) is 3.22. The Morgan fingerprint density at radius 2 is 1.75 bits per heavy atom. The van der Waals surface area contributed by atoms with Crippen LogP contribution in [0.25, 0.3) is 0 Å². The number of sulfonamides is 2. The normalized spacial score (nSPS) is 24.6. The molecular formula is C19H22N2O5S2. The Morgan fingerprint density at radius 1 is 1.07 bits per heavy atom. The highest BCUT2D eigenvalue weighted by Crippen LogP contribution is 2.49. The van der Waals surface area contributed by atoms with E-state index in [0.717, 1.165) is 0 Å². The number of methoxy groups -OCH3 is 1. The van der Waals surface area contributed by atoms with Gasteiger partial charge in [0.2, 0.25) is 20.0 Å². The van der Waals surface area contributed by atoms with Gasteiger partial charge in [-0.05, 0) is 30.2 Å². The molecule has 2 heterocycles. The second-order valence-corrected chi connectivity index (χ2v) is 10.8. The standard InChI is InChI=1S/C19H22N2O5S2/c1-26-14-13-21-19(17-9-5-6-10-18(17)28(21,24)25)11-12-20(15-19)27(22,23)16-7-3-2-4-8-16/h2-10H,11-15H2,1H3/t19-/m1/s1. The number of hydrogen-bond acceptors (Lipinski definition) is 5. The molecule has 2 aliphatic heterocycles. The third-order valence-corrected chi connectivity index (χ3v) is 9.41. The van der Waals surface area contributed by atoms with E-state index in [1.807, 2.05) is 0 Å². The van der Waals surface area contributed by atoms with Crippen LogP contribution in [0.4, 0.5) is 0 Å². The Bertz CT molecular complexity index is 1090. The molecule has 0 aromatic heterocycles. The molecule has 1 fully saturated rings. The van der Waals surface area contributed by atoms with Gasteiger partial charge in [-0.1, -0.05) is 36.4 Å². The van der Waals surface area contributed by atoms with Crippen LogP contribution in [0.1, 0.15) is 12.0 Å². The Labute approximate surface area is 165 Å². The summed E-state index contributed by atoms with van der Waals surface area (Å²) in [5.74, 6) is 0. The molecule has 0 aliphatic carbocycles. The minimum Gasteiger partial charge on any atom is -0.383 e. The van der Waals surface area contributed by atoms with Crippen LogP contribution in [-0.2, 0) is 30.3 Å². The first-order chi connectivity index (χ1) is 13.3. The smallest absolute Gasteiger partial charge is 0.244 e. The van der Waals surface area contributed by atoms with Crippen molar-refractivity contribution in [2.24, 2.45) is 0 Å². The van der Waals surface area contributed by atoms with E-state index in [2.05, 4.69) is 0 Å². The predicted molar refractivity (Wildman–Crippen MR) is 104 cm³/mol. The summed E-state index contributed by atoms with van der Waals surface area (Å²) in [7, 11) is -5.90. The Morgan fingerprint density at radius 3 is 2.46 bits per heavy atom. The minimum absolute atomic E-state index is 0.0875. The quantitative estimate of drug-likeness (QED) is 0.731. The molecule has 2 aromatic carbocycles. The molecule has 1 atom stereocenters. The van der Waals surface area contributed by atoms with Crippen LogP contribution in [0.15, 0.2) is 64.4 Å². The zero-order chi connectivity index (χ0) is 20.0. The molecule has 1 spiro atoms. The second-order valence-electron chi connectivity index (χ2n) is 7.00. The zero-order valence-corrected chi connectivity index (χ0v) is 17.1. The van der Waals surface area contributed by atoms with E-state index in [4.69, 9.17) is 4.74 Å². The van der Waals surface area contributed by atoms with Gasteiger partial charge in [0.25, 0.3) is 0 Å². The van der Waals surface area contributed by atoms with Gasteiger partial charge in [-0.15, -0.1) is 0 Å². The highest BCUT2D eigenvalue weighted by molar-refractivity contribution is 7.89. The number of ether oxygens (including phenoxy) is 1. The topological polar surface area (TPSA) is 84.0 Å². The maximum absolute atomic E-state index is 13.2. The number of fused-ring (bicyclic) bond motifs is 2. The van der Waals surface area contributed by atoms with Crippen LogP contribution < -0.4 is 0 Å². The molecule has 0 amide bonds.